The van der Waals surface area contributed by atoms with Crippen molar-refractivity contribution in [3.05, 3.63) is 249 Å². The smallest absolute Gasteiger partial charge is 0.128 e. The molecule has 4 heteroatoms. The highest BCUT2D eigenvalue weighted by molar-refractivity contribution is 5.95. The van der Waals surface area contributed by atoms with E-state index < -0.39 is 10.8 Å². The standard InChI is InChI=1S/C64H64N2O2/c1-43-25-23-35-55(65-41-45-37-51(61(3,4)47-27-15-11-16-28-47)39-53(59(45)67)63(7,8)49-31-19-13-20-32-49)57(43)58-44(2)26-24-36-56(58)66-42-46-38-52(62(5,6)48-29-17-12-18-30-48)40-54(60(46)68)64(9,10)50-33-21-14-22-34-50/h11-42,67-68H,1-10H3. The third-order valence-electron chi connectivity index (χ3n) is 14.5. The molecule has 68 heavy (non-hydrogen) atoms. The van der Waals surface area contributed by atoms with Crippen molar-refractivity contribution in [1.29, 1.82) is 0 Å². The zero-order chi connectivity index (χ0) is 48.4. The Morgan fingerprint density at radius 2 is 0.632 bits per heavy atom. The molecule has 0 aromatic heterocycles. The molecule has 0 saturated carbocycles. The lowest BCUT2D eigenvalue weighted by molar-refractivity contribution is 0.450. The van der Waals surface area contributed by atoms with Crippen LogP contribution in [0.4, 0.5) is 11.4 Å². The van der Waals surface area contributed by atoms with E-state index in [0.717, 1.165) is 67.0 Å². The highest BCUT2D eigenvalue weighted by atomic mass is 16.3. The molecule has 342 valence electrons. The summed E-state index contributed by atoms with van der Waals surface area (Å²) in [5, 5.41) is 24.6. The Hall–Kier alpha value is -7.30. The molecule has 0 bridgehead atoms. The number of nitrogens with zero attached hydrogens (tertiary/aromatic N) is 2. The number of aryl methyl sites for hydroxylation is 2. The van der Waals surface area contributed by atoms with Gasteiger partial charge in [0.15, 0.2) is 0 Å². The predicted molar refractivity (Wildman–Crippen MR) is 286 cm³/mol. The SMILES string of the molecule is Cc1cccc(N=Cc2cc(C(C)(C)c3ccccc3)cc(C(C)(C)c3ccccc3)c2O)c1-c1c(C)cccc1N=Cc1cc(C(C)(C)c2ccccc2)cc(C(C)(C)c2ccccc2)c1O. The van der Waals surface area contributed by atoms with Gasteiger partial charge >= 0.3 is 0 Å². The minimum atomic E-state index is -0.511. The maximum absolute atomic E-state index is 12.3. The van der Waals surface area contributed by atoms with Crippen molar-refractivity contribution in [2.45, 2.75) is 90.9 Å². The number of aromatic hydroxyl groups is 2. The quantitative estimate of drug-likeness (QED) is 0.113. The first-order valence-electron chi connectivity index (χ1n) is 23.7. The van der Waals surface area contributed by atoms with E-state index in [1.807, 2.05) is 85.2 Å². The van der Waals surface area contributed by atoms with Gasteiger partial charge in [0.1, 0.15) is 11.5 Å². The third-order valence-corrected chi connectivity index (χ3v) is 14.5. The van der Waals surface area contributed by atoms with Gasteiger partial charge in [0, 0.05) is 67.5 Å². The number of benzene rings is 8. The summed E-state index contributed by atoms with van der Waals surface area (Å²) in [6.45, 7) is 21.8. The van der Waals surface area contributed by atoms with E-state index in [-0.39, 0.29) is 22.3 Å². The lowest BCUT2D eigenvalue weighted by Crippen LogP contribution is -2.24. The van der Waals surface area contributed by atoms with Crippen LogP contribution in [0.2, 0.25) is 0 Å². The molecule has 8 rings (SSSR count). The molecule has 0 aliphatic carbocycles. The van der Waals surface area contributed by atoms with Crippen molar-refractivity contribution in [3.8, 4) is 22.6 Å². The number of hydrogen-bond acceptors (Lipinski definition) is 4. The Balaban J connectivity index is 1.26. The first-order valence-corrected chi connectivity index (χ1v) is 23.7. The molecule has 0 aliphatic rings. The Labute approximate surface area is 404 Å². The Morgan fingerprint density at radius 3 is 0.941 bits per heavy atom. The second-order valence-corrected chi connectivity index (χ2v) is 20.3. The highest BCUT2D eigenvalue weighted by Crippen LogP contribution is 2.46. The Bertz CT molecular complexity index is 2910. The van der Waals surface area contributed by atoms with Gasteiger partial charge < -0.3 is 10.2 Å². The molecule has 0 saturated heterocycles. The largest absolute Gasteiger partial charge is 0.507 e. The topological polar surface area (TPSA) is 65.2 Å². The Morgan fingerprint density at radius 1 is 0.338 bits per heavy atom. The maximum Gasteiger partial charge on any atom is 0.128 e. The molecule has 0 heterocycles. The van der Waals surface area contributed by atoms with Crippen LogP contribution in [-0.4, -0.2) is 22.6 Å². The van der Waals surface area contributed by atoms with Crippen LogP contribution in [0, 0.1) is 13.8 Å². The zero-order valence-electron chi connectivity index (χ0n) is 41.3. The fourth-order valence-corrected chi connectivity index (χ4v) is 9.70. The van der Waals surface area contributed by atoms with Crippen molar-refractivity contribution in [1.82, 2.24) is 0 Å². The van der Waals surface area contributed by atoms with Gasteiger partial charge in [0.25, 0.3) is 0 Å². The Kier molecular flexibility index (Phi) is 13.0. The summed E-state index contributed by atoms with van der Waals surface area (Å²) in [4.78, 5) is 10.5. The van der Waals surface area contributed by atoms with Gasteiger partial charge in [-0.05, 0) is 82.6 Å². The second kappa shape index (κ2) is 18.8. The molecular formula is C64H64N2O2. The number of aliphatic imine (C=N–C) groups is 2. The van der Waals surface area contributed by atoms with Gasteiger partial charge in [0.2, 0.25) is 0 Å². The van der Waals surface area contributed by atoms with Crippen LogP contribution in [0.15, 0.2) is 192 Å². The van der Waals surface area contributed by atoms with Gasteiger partial charge in [-0.3, -0.25) is 9.98 Å². The zero-order valence-corrected chi connectivity index (χ0v) is 41.3. The number of phenols is 2. The van der Waals surface area contributed by atoms with Crippen LogP contribution in [0.25, 0.3) is 11.1 Å². The molecule has 0 amide bonds. The van der Waals surface area contributed by atoms with Crippen molar-refractivity contribution in [2.75, 3.05) is 0 Å². The maximum atomic E-state index is 12.3. The lowest BCUT2D eigenvalue weighted by atomic mass is 9.72. The molecule has 0 unspecified atom stereocenters. The van der Waals surface area contributed by atoms with E-state index in [1.54, 1.807) is 0 Å². The molecular weight excluding hydrogens is 829 g/mol. The minimum absolute atomic E-state index is 0.206. The summed E-state index contributed by atoms with van der Waals surface area (Å²) in [5.74, 6) is 0.413. The predicted octanol–water partition coefficient (Wildman–Crippen LogP) is 16.2. The summed E-state index contributed by atoms with van der Waals surface area (Å²) in [6.07, 6.45) is 3.63. The van der Waals surface area contributed by atoms with Gasteiger partial charge in [-0.25, -0.2) is 0 Å². The summed E-state index contributed by atoms with van der Waals surface area (Å²) < 4.78 is 0. The summed E-state index contributed by atoms with van der Waals surface area (Å²) >= 11 is 0. The van der Waals surface area contributed by atoms with Crippen molar-refractivity contribution >= 4 is 23.8 Å². The van der Waals surface area contributed by atoms with E-state index in [2.05, 4.69) is 178 Å². The van der Waals surface area contributed by atoms with E-state index in [1.165, 1.54) is 11.1 Å². The van der Waals surface area contributed by atoms with Crippen LogP contribution < -0.4 is 0 Å². The minimum Gasteiger partial charge on any atom is -0.507 e. The third kappa shape index (κ3) is 9.08. The summed E-state index contributed by atoms with van der Waals surface area (Å²) in [7, 11) is 0. The van der Waals surface area contributed by atoms with Gasteiger partial charge in [-0.2, -0.15) is 0 Å². The molecule has 4 nitrogen and oxygen atoms in total. The van der Waals surface area contributed by atoms with Gasteiger partial charge in [0.05, 0.1) is 11.4 Å². The van der Waals surface area contributed by atoms with Crippen LogP contribution in [0.5, 0.6) is 11.5 Å². The fraction of sp³-hybridized carbons (Fsp3) is 0.219. The first kappa shape index (κ1) is 47.2. The van der Waals surface area contributed by atoms with Gasteiger partial charge in [-0.15, -0.1) is 0 Å². The van der Waals surface area contributed by atoms with Crippen LogP contribution in [0.3, 0.4) is 0 Å². The van der Waals surface area contributed by atoms with E-state index >= 15 is 0 Å². The van der Waals surface area contributed by atoms with Gasteiger partial charge in [-0.1, -0.05) is 213 Å². The molecule has 0 spiro atoms. The van der Waals surface area contributed by atoms with E-state index in [0.29, 0.717) is 11.1 Å². The summed E-state index contributed by atoms with van der Waals surface area (Å²) in [6, 6.07) is 62.6. The van der Waals surface area contributed by atoms with Crippen LogP contribution >= 0.6 is 0 Å². The molecule has 8 aromatic carbocycles. The number of hydrogen-bond donors (Lipinski definition) is 2. The summed E-state index contributed by atoms with van der Waals surface area (Å²) in [5.41, 5.74) is 13.4. The normalized spacial score (nSPS) is 12.6. The van der Waals surface area contributed by atoms with E-state index in [4.69, 9.17) is 9.98 Å². The molecule has 0 aliphatic heterocycles. The van der Waals surface area contributed by atoms with Crippen molar-refractivity contribution in [2.24, 2.45) is 9.98 Å². The monoisotopic (exact) mass is 892 g/mol. The molecule has 0 fully saturated rings. The average Bonchev–Trinajstić information content (AvgIpc) is 3.34. The van der Waals surface area contributed by atoms with Crippen LogP contribution in [-0.2, 0) is 21.7 Å². The van der Waals surface area contributed by atoms with Crippen molar-refractivity contribution < 1.29 is 10.2 Å². The molecule has 0 atom stereocenters. The number of rotatable bonds is 13. The van der Waals surface area contributed by atoms with Crippen LogP contribution in [0.1, 0.15) is 122 Å². The number of phenolic OH excluding ortho intramolecular Hbond substituents is 2. The fourth-order valence-electron chi connectivity index (χ4n) is 9.70. The first-order chi connectivity index (χ1) is 32.4. The average molecular weight is 893 g/mol. The second-order valence-electron chi connectivity index (χ2n) is 20.3. The van der Waals surface area contributed by atoms with E-state index in [9.17, 15) is 10.2 Å². The lowest BCUT2D eigenvalue weighted by Gasteiger charge is -2.32. The van der Waals surface area contributed by atoms with Crippen molar-refractivity contribution in [3.63, 3.8) is 0 Å². The highest BCUT2D eigenvalue weighted by Gasteiger charge is 2.33. The molecule has 0 radical (unpaired) electrons. The molecule has 2 N–H and O–H groups in total. The molecule has 8 aromatic rings.